The van der Waals surface area contributed by atoms with Crippen LogP contribution in [0.3, 0.4) is 0 Å². The molecule has 1 amide bonds. The fourth-order valence-corrected chi connectivity index (χ4v) is 3.71. The van der Waals surface area contributed by atoms with Gasteiger partial charge in [0.15, 0.2) is 0 Å². The Morgan fingerprint density at radius 2 is 2.14 bits per heavy atom. The lowest BCUT2D eigenvalue weighted by molar-refractivity contribution is 0.0950. The van der Waals surface area contributed by atoms with E-state index in [9.17, 15) is 14.0 Å². The van der Waals surface area contributed by atoms with Crippen molar-refractivity contribution in [1.82, 2.24) is 15.2 Å². The Morgan fingerprint density at radius 3 is 2.89 bits per heavy atom. The summed E-state index contributed by atoms with van der Waals surface area (Å²) in [6.45, 7) is 4.73. The highest BCUT2D eigenvalue weighted by molar-refractivity contribution is 5.95. The van der Waals surface area contributed by atoms with Gasteiger partial charge in [-0.15, -0.1) is 0 Å². The summed E-state index contributed by atoms with van der Waals surface area (Å²) in [5.41, 5.74) is 1.28. The lowest BCUT2D eigenvalue weighted by atomic mass is 9.99. The van der Waals surface area contributed by atoms with Crippen LogP contribution in [0.2, 0.25) is 0 Å². The number of rotatable bonds is 7. The second kappa shape index (κ2) is 9.64. The second-order valence-electron chi connectivity index (χ2n) is 7.49. The summed E-state index contributed by atoms with van der Waals surface area (Å²) in [6.07, 6.45) is 5.13. The Labute approximate surface area is 165 Å². The zero-order valence-corrected chi connectivity index (χ0v) is 16.3. The molecule has 1 aliphatic rings. The number of nitrogens with zero attached hydrogens (tertiary/aromatic N) is 1. The molecule has 1 aromatic carbocycles. The predicted octanol–water partition coefficient (Wildman–Crippen LogP) is 2.66. The Hall–Kier alpha value is -2.47. The van der Waals surface area contributed by atoms with Crippen molar-refractivity contribution in [3.8, 4) is 0 Å². The van der Waals surface area contributed by atoms with Crippen molar-refractivity contribution in [2.45, 2.75) is 39.2 Å². The van der Waals surface area contributed by atoms with Gasteiger partial charge in [0.2, 0.25) is 0 Å². The van der Waals surface area contributed by atoms with Crippen LogP contribution in [0.5, 0.6) is 0 Å². The number of carbonyl (C=O) groups is 1. The number of amides is 1. The molecule has 1 aliphatic heterocycles. The lowest BCUT2D eigenvalue weighted by Crippen LogP contribution is -2.38. The number of hydrogen-bond acceptors (Lipinski definition) is 3. The van der Waals surface area contributed by atoms with E-state index in [2.05, 4.69) is 10.6 Å². The normalized spacial score (nSPS) is 16.7. The summed E-state index contributed by atoms with van der Waals surface area (Å²) in [5, 5.41) is 6.17. The number of nitrogens with one attached hydrogen (secondary N) is 2. The highest BCUT2D eigenvalue weighted by Crippen LogP contribution is 2.13. The van der Waals surface area contributed by atoms with Gasteiger partial charge in [0, 0.05) is 19.3 Å². The first kappa shape index (κ1) is 20.3. The fraction of sp³-hybridized carbons (Fsp3) is 0.455. The molecule has 28 heavy (non-hydrogen) atoms. The zero-order chi connectivity index (χ0) is 19.9. The average Bonchev–Trinajstić information content (AvgIpc) is 2.70. The lowest BCUT2D eigenvalue weighted by Gasteiger charge is -2.23. The van der Waals surface area contributed by atoms with E-state index in [4.69, 9.17) is 0 Å². The molecule has 1 aromatic heterocycles. The quantitative estimate of drug-likeness (QED) is 0.721. The van der Waals surface area contributed by atoms with Crippen LogP contribution in [0.4, 0.5) is 4.39 Å². The van der Waals surface area contributed by atoms with Crippen molar-refractivity contribution in [2.75, 3.05) is 19.6 Å². The first-order chi connectivity index (χ1) is 13.6. The summed E-state index contributed by atoms with van der Waals surface area (Å²) < 4.78 is 15.3. The summed E-state index contributed by atoms with van der Waals surface area (Å²) in [7, 11) is 0. The third kappa shape index (κ3) is 5.07. The van der Waals surface area contributed by atoms with Gasteiger partial charge in [-0.2, -0.15) is 0 Å². The number of halogens is 1. The summed E-state index contributed by atoms with van der Waals surface area (Å²) in [6, 6.07) is 8.47. The van der Waals surface area contributed by atoms with E-state index in [1.54, 1.807) is 35.9 Å². The molecule has 150 valence electrons. The molecule has 0 radical (unpaired) electrons. The molecule has 3 rings (SSSR count). The first-order valence-corrected chi connectivity index (χ1v) is 9.98. The summed E-state index contributed by atoms with van der Waals surface area (Å²) >= 11 is 0. The average molecular weight is 385 g/mol. The minimum Gasteiger partial charge on any atom is -0.352 e. The maximum Gasteiger partial charge on any atom is 0.263 e. The fourth-order valence-electron chi connectivity index (χ4n) is 3.71. The van der Waals surface area contributed by atoms with Crippen LogP contribution >= 0.6 is 0 Å². The SMILES string of the molecule is Cc1ccn(CC2CCCNC2)c(=O)c1C(=O)NCCCc1ccccc1F. The predicted molar refractivity (Wildman–Crippen MR) is 108 cm³/mol. The summed E-state index contributed by atoms with van der Waals surface area (Å²) in [5.74, 6) is -0.175. The molecule has 2 N–H and O–H groups in total. The molecule has 0 saturated carbocycles. The van der Waals surface area contributed by atoms with Gasteiger partial charge < -0.3 is 15.2 Å². The standard InChI is InChI=1S/C22H28FN3O2/c1-16-10-13-26(15-17-6-4-11-24-14-17)22(28)20(16)21(27)25-12-5-8-18-7-2-3-9-19(18)23/h2-3,7,9-10,13,17,24H,4-6,8,11-12,14-15H2,1H3,(H,25,27). The van der Waals surface area contributed by atoms with E-state index in [0.29, 0.717) is 43.0 Å². The van der Waals surface area contributed by atoms with Crippen LogP contribution < -0.4 is 16.2 Å². The van der Waals surface area contributed by atoms with Crippen molar-refractivity contribution >= 4 is 5.91 Å². The third-order valence-electron chi connectivity index (χ3n) is 5.32. The van der Waals surface area contributed by atoms with Crippen LogP contribution in [-0.2, 0) is 13.0 Å². The van der Waals surface area contributed by atoms with Gasteiger partial charge in [0.05, 0.1) is 0 Å². The van der Waals surface area contributed by atoms with Crippen LogP contribution in [0.1, 0.15) is 40.7 Å². The van der Waals surface area contributed by atoms with Crippen LogP contribution in [0.25, 0.3) is 0 Å². The summed E-state index contributed by atoms with van der Waals surface area (Å²) in [4.78, 5) is 25.4. The van der Waals surface area contributed by atoms with E-state index in [1.165, 1.54) is 6.07 Å². The highest BCUT2D eigenvalue weighted by atomic mass is 19.1. The molecule has 0 spiro atoms. The number of hydrogen-bond donors (Lipinski definition) is 2. The van der Waals surface area contributed by atoms with E-state index in [-0.39, 0.29) is 22.8 Å². The van der Waals surface area contributed by atoms with E-state index < -0.39 is 0 Å². The molecule has 2 heterocycles. The van der Waals surface area contributed by atoms with Gasteiger partial charge >= 0.3 is 0 Å². The number of piperidine rings is 1. The van der Waals surface area contributed by atoms with E-state index >= 15 is 0 Å². The maximum atomic E-state index is 13.6. The number of carbonyl (C=O) groups excluding carboxylic acids is 1. The van der Waals surface area contributed by atoms with Crippen molar-refractivity contribution in [3.05, 3.63) is 69.4 Å². The van der Waals surface area contributed by atoms with Gasteiger partial charge in [-0.25, -0.2) is 4.39 Å². The molecule has 6 heteroatoms. The van der Waals surface area contributed by atoms with Crippen molar-refractivity contribution < 1.29 is 9.18 Å². The van der Waals surface area contributed by atoms with Gasteiger partial charge in [-0.3, -0.25) is 9.59 Å². The number of pyridine rings is 1. The molecular weight excluding hydrogens is 357 g/mol. The Bertz CT molecular complexity index is 872. The van der Waals surface area contributed by atoms with Crippen LogP contribution in [0, 0.1) is 18.7 Å². The number of benzene rings is 1. The largest absolute Gasteiger partial charge is 0.352 e. The molecule has 0 aliphatic carbocycles. The highest BCUT2D eigenvalue weighted by Gasteiger charge is 2.18. The van der Waals surface area contributed by atoms with Crippen molar-refractivity contribution in [2.24, 2.45) is 5.92 Å². The zero-order valence-electron chi connectivity index (χ0n) is 16.3. The van der Waals surface area contributed by atoms with Crippen molar-refractivity contribution in [3.63, 3.8) is 0 Å². The Morgan fingerprint density at radius 1 is 1.32 bits per heavy atom. The van der Waals surface area contributed by atoms with Crippen LogP contribution in [-0.4, -0.2) is 30.1 Å². The smallest absolute Gasteiger partial charge is 0.263 e. The van der Waals surface area contributed by atoms with Gasteiger partial charge in [0.25, 0.3) is 11.5 Å². The third-order valence-corrected chi connectivity index (χ3v) is 5.32. The molecule has 0 bridgehead atoms. The van der Waals surface area contributed by atoms with E-state index in [0.717, 1.165) is 25.9 Å². The van der Waals surface area contributed by atoms with E-state index in [1.807, 2.05) is 6.07 Å². The first-order valence-electron chi connectivity index (χ1n) is 9.98. The van der Waals surface area contributed by atoms with Gasteiger partial charge in [-0.05, 0) is 74.9 Å². The van der Waals surface area contributed by atoms with Crippen molar-refractivity contribution in [1.29, 1.82) is 0 Å². The minimum absolute atomic E-state index is 0.206. The maximum absolute atomic E-state index is 13.6. The molecule has 1 unspecified atom stereocenters. The van der Waals surface area contributed by atoms with Gasteiger partial charge in [0.1, 0.15) is 11.4 Å². The molecule has 1 atom stereocenters. The second-order valence-corrected chi connectivity index (χ2v) is 7.49. The molecule has 1 fully saturated rings. The molecule has 1 saturated heterocycles. The monoisotopic (exact) mass is 385 g/mol. The minimum atomic E-state index is -0.354. The van der Waals surface area contributed by atoms with Crippen LogP contribution in [0.15, 0.2) is 41.3 Å². The number of aromatic nitrogens is 1. The Kier molecular flexibility index (Phi) is 6.98. The topological polar surface area (TPSA) is 63.1 Å². The molecule has 2 aromatic rings. The van der Waals surface area contributed by atoms with Gasteiger partial charge in [-0.1, -0.05) is 18.2 Å². The molecule has 5 nitrogen and oxygen atoms in total. The number of aryl methyl sites for hydroxylation is 2. The molecular formula is C22H28FN3O2. The Balaban J connectivity index is 1.60.